The van der Waals surface area contributed by atoms with Gasteiger partial charge in [0.2, 0.25) is 23.6 Å². The molecule has 15 heteroatoms. The van der Waals surface area contributed by atoms with Crippen molar-refractivity contribution in [1.29, 1.82) is 0 Å². The van der Waals surface area contributed by atoms with Crippen molar-refractivity contribution < 1.29 is 42.9 Å². The number of carbonyl (C=O) groups is 5. The first kappa shape index (κ1) is 43.5. The number of fused-ring (bicyclic) bond motifs is 18. The van der Waals surface area contributed by atoms with Crippen LogP contribution in [-0.2, 0) is 36.9 Å². The fourth-order valence-electron chi connectivity index (χ4n) is 6.77. The fraction of sp³-hybridized carbons (Fsp3) is 0.465. The van der Waals surface area contributed by atoms with Crippen molar-refractivity contribution in [2.45, 2.75) is 64.1 Å². The summed E-state index contributed by atoms with van der Waals surface area (Å²) in [6.07, 6.45) is 2.69. The van der Waals surface area contributed by atoms with Crippen molar-refractivity contribution in [1.82, 2.24) is 31.1 Å². The lowest BCUT2D eigenvalue weighted by Gasteiger charge is -2.27. The van der Waals surface area contributed by atoms with E-state index in [0.29, 0.717) is 79.6 Å². The molecule has 0 aromatic heterocycles. The molecule has 5 amide bonds. The van der Waals surface area contributed by atoms with Crippen LogP contribution in [-0.4, -0.2) is 118 Å². The van der Waals surface area contributed by atoms with Gasteiger partial charge in [-0.05, 0) is 81.5 Å². The third-order valence-corrected chi connectivity index (χ3v) is 10.1. The molecule has 58 heavy (non-hydrogen) atoms. The van der Waals surface area contributed by atoms with Crippen LogP contribution in [0.2, 0.25) is 0 Å². The summed E-state index contributed by atoms with van der Waals surface area (Å²) >= 11 is 0. The van der Waals surface area contributed by atoms with Gasteiger partial charge in [-0.2, -0.15) is 0 Å². The molecule has 3 aromatic rings. The van der Waals surface area contributed by atoms with E-state index in [1.165, 1.54) is 19.1 Å². The molecule has 0 unspecified atom stereocenters. The first-order chi connectivity index (χ1) is 28.1. The van der Waals surface area contributed by atoms with Crippen LogP contribution in [0.4, 0.5) is 0 Å². The van der Waals surface area contributed by atoms with Crippen molar-refractivity contribution >= 4 is 29.5 Å². The van der Waals surface area contributed by atoms with E-state index in [0.717, 1.165) is 25.2 Å². The topological polar surface area (TPSA) is 177 Å². The van der Waals surface area contributed by atoms with Gasteiger partial charge in [0.15, 0.2) is 11.5 Å². The highest BCUT2D eigenvalue weighted by atomic mass is 16.5. The number of amides is 5. The maximum atomic E-state index is 13.7. The van der Waals surface area contributed by atoms with E-state index in [9.17, 15) is 24.0 Å². The number of aryl methyl sites for hydroxylation is 1. The number of nitrogens with zero attached hydrogens (tertiary/aromatic N) is 2. The molecule has 15 nitrogen and oxygen atoms in total. The molecule has 4 bridgehead atoms. The molecule has 3 aromatic carbocycles. The Kier molecular flexibility index (Phi) is 16.7. The zero-order valence-electron chi connectivity index (χ0n) is 33.7. The second kappa shape index (κ2) is 22.3. The maximum absolute atomic E-state index is 13.7. The fourth-order valence-corrected chi connectivity index (χ4v) is 6.77. The summed E-state index contributed by atoms with van der Waals surface area (Å²) in [4.78, 5) is 71.3. The predicted octanol–water partition coefficient (Wildman–Crippen LogP) is 3.20. The molecule has 3 aliphatic heterocycles. The first-order valence-electron chi connectivity index (χ1n) is 19.9. The molecule has 0 saturated carbocycles. The van der Waals surface area contributed by atoms with Crippen LogP contribution < -0.4 is 35.5 Å². The molecule has 1 fully saturated rings. The summed E-state index contributed by atoms with van der Waals surface area (Å²) in [7, 11) is 3.01. The van der Waals surface area contributed by atoms with Gasteiger partial charge in [0.05, 0.1) is 34.0 Å². The van der Waals surface area contributed by atoms with Crippen molar-refractivity contribution in [3.05, 3.63) is 83.4 Å². The molecule has 0 spiro atoms. The zero-order valence-corrected chi connectivity index (χ0v) is 33.7. The van der Waals surface area contributed by atoms with Crippen LogP contribution in [0.3, 0.4) is 0 Å². The van der Waals surface area contributed by atoms with Crippen LogP contribution in [0.25, 0.3) is 0 Å². The van der Waals surface area contributed by atoms with Crippen molar-refractivity contribution in [3.63, 3.8) is 0 Å². The Bertz CT molecular complexity index is 1850. The summed E-state index contributed by atoms with van der Waals surface area (Å²) < 4.78 is 22.7. The summed E-state index contributed by atoms with van der Waals surface area (Å²) in [5.41, 5.74) is 2.00. The quantitative estimate of drug-likeness (QED) is 0.235. The third kappa shape index (κ3) is 13.2. The molecule has 0 aliphatic carbocycles. The van der Waals surface area contributed by atoms with E-state index in [2.05, 4.69) is 26.2 Å². The van der Waals surface area contributed by atoms with E-state index in [-0.39, 0.29) is 44.3 Å². The highest BCUT2D eigenvalue weighted by molar-refractivity contribution is 5.95. The average Bonchev–Trinajstić information content (AvgIpc) is 3.24. The van der Waals surface area contributed by atoms with E-state index in [4.69, 9.17) is 18.9 Å². The number of morpholine rings is 1. The van der Waals surface area contributed by atoms with Gasteiger partial charge in [0.25, 0.3) is 5.91 Å². The molecule has 2 atom stereocenters. The average molecular weight is 801 g/mol. The summed E-state index contributed by atoms with van der Waals surface area (Å²) in [6, 6.07) is 17.7. The van der Waals surface area contributed by atoms with Crippen LogP contribution in [0.1, 0.15) is 60.5 Å². The number of carbonyl (C=O) groups excluding carboxylic acids is 5. The Morgan fingerprint density at radius 3 is 2.38 bits per heavy atom. The Hall–Kier alpha value is -5.67. The zero-order chi connectivity index (χ0) is 41.3. The van der Waals surface area contributed by atoms with E-state index < -0.39 is 29.8 Å². The van der Waals surface area contributed by atoms with Gasteiger partial charge in [-0.3, -0.25) is 28.9 Å². The van der Waals surface area contributed by atoms with Crippen molar-refractivity contribution in [2.75, 3.05) is 66.7 Å². The second-order valence-electron chi connectivity index (χ2n) is 14.4. The number of nitrogens with one attached hydrogen (secondary N) is 4. The minimum Gasteiger partial charge on any atom is -0.496 e. The maximum Gasteiger partial charge on any atom is 0.251 e. The lowest BCUT2D eigenvalue weighted by Crippen LogP contribution is -2.54. The number of hydrogen-bond donors (Lipinski definition) is 4. The van der Waals surface area contributed by atoms with Gasteiger partial charge in [0.1, 0.15) is 23.6 Å². The SMILES string of the molecule is COc1cc2ccc1CNC(=O)[C@H](C)NC(=O)[C@H](CCc1ccccc1)NC(=O)CN(C(=O)CCCN1CCOCC1)CCCCNC(=O)c1ccc(OC)c(c1)O2. The number of methoxy groups -OCH3 is 2. The molecular weight excluding hydrogens is 745 g/mol. The Labute approximate surface area is 340 Å². The standard InChI is InChI=1S/C43H56N6O9/c1-30-41(52)45-28-33-14-16-34(27-37(33)56-3)58-38-26-32(15-18-36(38)55-2)42(53)44-19-7-8-21-49(40(51)12-9-20-48-22-24-57-25-23-48)29-39(50)47-35(43(54)46-30)17-13-31-10-5-4-6-11-31/h4-6,10-11,14-16,18,26-27,30,35H,7-9,12-13,17,19-25,28-29H2,1-3H3,(H,44,53)(H,45,52)(H,46,54)(H,47,50)/t30-,35-/m0/s1. The second-order valence-corrected chi connectivity index (χ2v) is 14.4. The molecule has 3 aliphatic rings. The lowest BCUT2D eigenvalue weighted by molar-refractivity contribution is -0.137. The molecule has 6 rings (SSSR count). The van der Waals surface area contributed by atoms with Gasteiger partial charge in [-0.1, -0.05) is 30.3 Å². The van der Waals surface area contributed by atoms with E-state index in [1.807, 2.05) is 30.3 Å². The molecule has 312 valence electrons. The monoisotopic (exact) mass is 800 g/mol. The molecule has 0 radical (unpaired) electrons. The van der Waals surface area contributed by atoms with Gasteiger partial charge in [-0.25, -0.2) is 0 Å². The summed E-state index contributed by atoms with van der Waals surface area (Å²) in [5.74, 6) is -0.337. The number of ether oxygens (including phenoxy) is 4. The Morgan fingerprint density at radius 1 is 0.845 bits per heavy atom. The normalized spacial score (nSPS) is 19.3. The van der Waals surface area contributed by atoms with Crippen LogP contribution in [0, 0.1) is 0 Å². The smallest absolute Gasteiger partial charge is 0.251 e. The first-order valence-corrected chi connectivity index (χ1v) is 19.9. The predicted molar refractivity (Wildman–Crippen MR) is 217 cm³/mol. The summed E-state index contributed by atoms with van der Waals surface area (Å²) in [6.45, 7) is 5.71. The third-order valence-electron chi connectivity index (χ3n) is 10.1. The van der Waals surface area contributed by atoms with Crippen molar-refractivity contribution in [3.8, 4) is 23.0 Å². The Morgan fingerprint density at radius 2 is 1.62 bits per heavy atom. The highest BCUT2D eigenvalue weighted by Gasteiger charge is 2.27. The molecule has 4 N–H and O–H groups in total. The van der Waals surface area contributed by atoms with Gasteiger partial charge in [0, 0.05) is 56.3 Å². The van der Waals surface area contributed by atoms with Crippen molar-refractivity contribution in [2.24, 2.45) is 0 Å². The van der Waals surface area contributed by atoms with Gasteiger partial charge in [-0.15, -0.1) is 0 Å². The largest absolute Gasteiger partial charge is 0.496 e. The minimum atomic E-state index is -0.977. The number of hydrogen-bond acceptors (Lipinski definition) is 10. The molecular formula is C43H56N6O9. The van der Waals surface area contributed by atoms with Gasteiger partial charge < -0.3 is 45.1 Å². The summed E-state index contributed by atoms with van der Waals surface area (Å²) in [5, 5.41) is 11.4. The van der Waals surface area contributed by atoms with E-state index >= 15 is 0 Å². The minimum absolute atomic E-state index is 0.0892. The van der Waals surface area contributed by atoms with Gasteiger partial charge >= 0.3 is 0 Å². The van der Waals surface area contributed by atoms with Crippen LogP contribution in [0.15, 0.2) is 66.7 Å². The Balaban J connectivity index is 1.35. The van der Waals surface area contributed by atoms with Crippen LogP contribution >= 0.6 is 0 Å². The molecule has 1 saturated heterocycles. The van der Waals surface area contributed by atoms with Crippen LogP contribution in [0.5, 0.6) is 23.0 Å². The van der Waals surface area contributed by atoms with E-state index in [1.54, 1.807) is 43.3 Å². The number of rotatable bonds is 9. The lowest BCUT2D eigenvalue weighted by atomic mass is 10.0. The molecule has 3 heterocycles. The highest BCUT2D eigenvalue weighted by Crippen LogP contribution is 2.35. The number of benzene rings is 3.